The standard InChI is InChI=1S/C23H22FN5O4S.C5H14NO/c1-4-12-33-18-10-8-16(9-11-18)26-22-19(24)14-25-23(28-22)27-17-7-6-15(3)20(13-17)34(31,32)29-21(30)5-2;1-6(2,3)4-5-7/h1,6-11,13-14H,5,12H2,2-3H3,(H,29,30)(H2,25,26,27,28);7H,4-5H2,1-3H3/q;+1. The number of carbonyl (C=O) groups is 1. The number of aliphatic hydroxyl groups is 1. The Morgan fingerprint density at radius 2 is 1.78 bits per heavy atom. The Balaban J connectivity index is 0.000000745. The molecule has 1 aromatic heterocycles. The maximum atomic E-state index is 14.3. The molecule has 3 aromatic rings. The zero-order valence-electron chi connectivity index (χ0n) is 23.7. The van der Waals surface area contributed by atoms with E-state index in [1.807, 2.05) is 4.72 Å². The number of aliphatic hydroxyl groups excluding tert-OH is 1. The Morgan fingerprint density at radius 1 is 1.12 bits per heavy atom. The van der Waals surface area contributed by atoms with E-state index in [1.54, 1.807) is 50.2 Å². The summed E-state index contributed by atoms with van der Waals surface area (Å²) in [6.45, 7) is 4.40. The quantitative estimate of drug-likeness (QED) is 0.196. The molecule has 2 aromatic carbocycles. The Hall–Kier alpha value is -4.25. The van der Waals surface area contributed by atoms with Crippen LogP contribution in [0.3, 0.4) is 0 Å². The number of likely N-dealkylation sites (N-methyl/N-ethyl adjacent to an activating group) is 1. The van der Waals surface area contributed by atoms with Crippen LogP contribution in [0.4, 0.5) is 27.5 Å². The van der Waals surface area contributed by atoms with Crippen LogP contribution in [0, 0.1) is 25.1 Å². The van der Waals surface area contributed by atoms with Crippen LogP contribution in [0.2, 0.25) is 0 Å². The molecule has 0 radical (unpaired) electrons. The lowest BCUT2D eigenvalue weighted by Crippen LogP contribution is -2.36. The van der Waals surface area contributed by atoms with Gasteiger partial charge in [-0.15, -0.1) is 6.42 Å². The minimum absolute atomic E-state index is 0.0239. The first kappa shape index (κ1) is 33.0. The third kappa shape index (κ3) is 11.0. The van der Waals surface area contributed by atoms with Crippen molar-refractivity contribution in [1.29, 1.82) is 0 Å². The molecular weight excluding hydrogens is 551 g/mol. The number of quaternary nitrogens is 1. The fraction of sp³-hybridized carbons (Fsp3) is 0.321. The normalized spacial score (nSPS) is 11.0. The highest BCUT2D eigenvalue weighted by molar-refractivity contribution is 7.90. The topological polar surface area (TPSA) is 143 Å². The fourth-order valence-electron chi connectivity index (χ4n) is 3.08. The maximum Gasteiger partial charge on any atom is 0.264 e. The summed E-state index contributed by atoms with van der Waals surface area (Å²) >= 11 is 0. The van der Waals surface area contributed by atoms with Crippen molar-refractivity contribution < 1.29 is 31.9 Å². The summed E-state index contributed by atoms with van der Waals surface area (Å²) in [5.74, 6) is 1.56. The minimum Gasteiger partial charge on any atom is -0.481 e. The molecule has 0 unspecified atom stereocenters. The molecule has 0 aliphatic carbocycles. The van der Waals surface area contributed by atoms with E-state index < -0.39 is 21.7 Å². The molecule has 0 saturated carbocycles. The van der Waals surface area contributed by atoms with Gasteiger partial charge in [-0.25, -0.2) is 22.5 Å². The largest absolute Gasteiger partial charge is 0.481 e. The first-order chi connectivity index (χ1) is 19.3. The van der Waals surface area contributed by atoms with Crippen LogP contribution < -0.4 is 20.1 Å². The van der Waals surface area contributed by atoms with Gasteiger partial charge < -0.3 is 25.0 Å². The second-order valence-electron chi connectivity index (χ2n) is 9.76. The van der Waals surface area contributed by atoms with Crippen molar-refractivity contribution in [2.24, 2.45) is 0 Å². The molecule has 0 saturated heterocycles. The SMILES string of the molecule is C#CCOc1ccc(Nc2nc(Nc3ccc(C)c(S(=O)(=O)NC(=O)CC)c3)ncc2F)cc1.C[N+](C)(C)CCO. The zero-order chi connectivity index (χ0) is 30.6. The van der Waals surface area contributed by atoms with E-state index in [2.05, 4.69) is 47.7 Å². The van der Waals surface area contributed by atoms with Crippen LogP contribution in [-0.4, -0.2) is 74.8 Å². The van der Waals surface area contributed by atoms with Crippen LogP contribution >= 0.6 is 0 Å². The number of sulfonamides is 1. The number of amides is 1. The van der Waals surface area contributed by atoms with E-state index in [1.165, 1.54) is 6.07 Å². The molecule has 0 bridgehead atoms. The second-order valence-corrected chi connectivity index (χ2v) is 11.4. The lowest BCUT2D eigenvalue weighted by atomic mass is 10.2. The number of terminal acetylenes is 1. The summed E-state index contributed by atoms with van der Waals surface area (Å²) in [4.78, 5) is 19.5. The molecule has 13 heteroatoms. The van der Waals surface area contributed by atoms with E-state index in [9.17, 15) is 17.6 Å². The number of rotatable bonds is 11. The predicted octanol–water partition coefficient (Wildman–Crippen LogP) is 3.32. The highest BCUT2D eigenvalue weighted by Crippen LogP contribution is 2.25. The average molecular weight is 588 g/mol. The number of ether oxygens (including phenoxy) is 1. The summed E-state index contributed by atoms with van der Waals surface area (Å²) in [6, 6.07) is 11.2. The van der Waals surface area contributed by atoms with Crippen molar-refractivity contribution in [2.75, 3.05) is 51.5 Å². The van der Waals surface area contributed by atoms with Gasteiger partial charge in [0.2, 0.25) is 11.9 Å². The van der Waals surface area contributed by atoms with Crippen LogP contribution in [-0.2, 0) is 14.8 Å². The van der Waals surface area contributed by atoms with Gasteiger partial charge in [0.25, 0.3) is 10.0 Å². The summed E-state index contributed by atoms with van der Waals surface area (Å²) in [5, 5.41) is 14.1. The Morgan fingerprint density at radius 3 is 2.34 bits per heavy atom. The Bertz CT molecular complexity index is 1470. The Kier molecular flexibility index (Phi) is 12.0. The predicted molar refractivity (Wildman–Crippen MR) is 156 cm³/mol. The number of carbonyl (C=O) groups excluding carboxylic acids is 1. The molecule has 0 aliphatic heterocycles. The maximum absolute atomic E-state index is 14.3. The van der Waals surface area contributed by atoms with Gasteiger partial charge in [0, 0.05) is 17.8 Å². The van der Waals surface area contributed by atoms with E-state index in [-0.39, 0.29) is 36.3 Å². The van der Waals surface area contributed by atoms with Gasteiger partial charge in [0.15, 0.2) is 11.6 Å². The van der Waals surface area contributed by atoms with Gasteiger partial charge in [0.05, 0.1) is 38.8 Å². The Labute approximate surface area is 240 Å². The van der Waals surface area contributed by atoms with Crippen LogP contribution in [0.15, 0.2) is 53.6 Å². The van der Waals surface area contributed by atoms with Gasteiger partial charge in [-0.3, -0.25) is 4.79 Å². The van der Waals surface area contributed by atoms with E-state index in [0.29, 0.717) is 22.7 Å². The number of aromatic nitrogens is 2. The number of hydrogen-bond acceptors (Lipinski definition) is 9. The monoisotopic (exact) mass is 587 g/mol. The molecule has 4 N–H and O–H groups in total. The van der Waals surface area contributed by atoms with Crippen molar-refractivity contribution in [2.45, 2.75) is 25.2 Å². The lowest BCUT2D eigenvalue weighted by molar-refractivity contribution is -0.870. The lowest BCUT2D eigenvalue weighted by Gasteiger charge is -2.21. The highest BCUT2D eigenvalue weighted by atomic mass is 32.2. The molecule has 1 heterocycles. The molecule has 220 valence electrons. The van der Waals surface area contributed by atoms with Crippen LogP contribution in [0.25, 0.3) is 0 Å². The second kappa shape index (κ2) is 14.9. The number of hydrogen-bond donors (Lipinski definition) is 4. The van der Waals surface area contributed by atoms with Gasteiger partial charge in [-0.2, -0.15) is 4.98 Å². The summed E-state index contributed by atoms with van der Waals surface area (Å²) in [5.41, 5.74) is 1.33. The van der Waals surface area contributed by atoms with Crippen molar-refractivity contribution in [3.05, 3.63) is 60.0 Å². The third-order valence-corrected chi connectivity index (χ3v) is 6.77. The van der Waals surface area contributed by atoms with Crippen molar-refractivity contribution in [3.63, 3.8) is 0 Å². The smallest absolute Gasteiger partial charge is 0.264 e. The number of anilines is 4. The van der Waals surface area contributed by atoms with E-state index >= 15 is 0 Å². The first-order valence-electron chi connectivity index (χ1n) is 12.6. The molecule has 11 nitrogen and oxygen atoms in total. The van der Waals surface area contributed by atoms with Crippen molar-refractivity contribution >= 4 is 39.1 Å². The number of benzene rings is 2. The zero-order valence-corrected chi connectivity index (χ0v) is 24.5. The molecule has 0 spiro atoms. The van der Waals surface area contributed by atoms with E-state index in [4.69, 9.17) is 16.3 Å². The first-order valence-corrected chi connectivity index (χ1v) is 14.1. The highest BCUT2D eigenvalue weighted by Gasteiger charge is 2.20. The van der Waals surface area contributed by atoms with Crippen LogP contribution in [0.5, 0.6) is 5.75 Å². The van der Waals surface area contributed by atoms with Gasteiger partial charge >= 0.3 is 0 Å². The van der Waals surface area contributed by atoms with Gasteiger partial charge in [-0.05, 0) is 48.9 Å². The summed E-state index contributed by atoms with van der Waals surface area (Å²) < 4.78 is 47.5. The molecule has 1 amide bonds. The number of halogens is 1. The fourth-order valence-corrected chi connectivity index (χ4v) is 4.41. The molecule has 41 heavy (non-hydrogen) atoms. The van der Waals surface area contributed by atoms with Crippen molar-refractivity contribution in [3.8, 4) is 18.1 Å². The van der Waals surface area contributed by atoms with Gasteiger partial charge in [0.1, 0.15) is 18.9 Å². The molecule has 0 atom stereocenters. The average Bonchev–Trinajstić information content (AvgIpc) is 2.90. The van der Waals surface area contributed by atoms with Crippen LogP contribution in [0.1, 0.15) is 18.9 Å². The number of nitrogens with one attached hydrogen (secondary N) is 3. The van der Waals surface area contributed by atoms with E-state index in [0.717, 1.165) is 17.2 Å². The number of nitrogens with zero attached hydrogens (tertiary/aromatic N) is 3. The van der Waals surface area contributed by atoms with Gasteiger partial charge in [-0.1, -0.05) is 18.9 Å². The minimum atomic E-state index is -4.06. The molecule has 3 rings (SSSR count). The summed E-state index contributed by atoms with van der Waals surface area (Å²) in [6.07, 6.45) is 6.17. The third-order valence-electron chi connectivity index (χ3n) is 5.26. The molecular formula is C28H36FN6O5S+. The summed E-state index contributed by atoms with van der Waals surface area (Å²) in [7, 11) is 2.10. The number of aryl methyl sites for hydroxylation is 1. The molecule has 0 aliphatic rings. The molecule has 0 fully saturated rings. The van der Waals surface area contributed by atoms with Crippen molar-refractivity contribution in [1.82, 2.24) is 14.7 Å².